The van der Waals surface area contributed by atoms with Gasteiger partial charge < -0.3 is 19.3 Å². The first-order valence-electron chi connectivity index (χ1n) is 5.89. The molecule has 1 N–H and O–H groups in total. The number of carboxylic acids is 1. The second kappa shape index (κ2) is 6.04. The van der Waals surface area contributed by atoms with Crippen LogP contribution in [0.5, 0.6) is 23.8 Å². The molecule has 21 heavy (non-hydrogen) atoms. The van der Waals surface area contributed by atoms with Crippen LogP contribution in [0.25, 0.3) is 0 Å². The molecule has 0 radical (unpaired) electrons. The molecule has 1 aromatic carbocycles. The minimum Gasteiger partial charge on any atom is -0.478 e. The molecule has 0 spiro atoms. The Hall–Kier alpha value is -2.90. The van der Waals surface area contributed by atoms with Gasteiger partial charge in [-0.15, -0.1) is 15.0 Å². The highest BCUT2D eigenvalue weighted by molar-refractivity contribution is 5.91. The molecule has 110 valence electrons. The number of benzene rings is 1. The fraction of sp³-hybridized carbons (Fsp3) is 0.231. The predicted molar refractivity (Wildman–Crippen MR) is 71.1 cm³/mol. The molecule has 0 saturated heterocycles. The monoisotopic (exact) mass is 291 g/mol. The zero-order chi connectivity index (χ0) is 15.4. The third-order valence-electron chi connectivity index (χ3n) is 2.51. The van der Waals surface area contributed by atoms with Crippen LogP contribution in [0.4, 0.5) is 0 Å². The van der Waals surface area contributed by atoms with E-state index < -0.39 is 5.97 Å². The summed E-state index contributed by atoms with van der Waals surface area (Å²) in [6.07, 6.45) is 0. The van der Waals surface area contributed by atoms with Crippen LogP contribution in [0.1, 0.15) is 15.9 Å². The summed E-state index contributed by atoms with van der Waals surface area (Å²) in [6, 6.07) is 4.62. The third kappa shape index (κ3) is 3.35. The van der Waals surface area contributed by atoms with Gasteiger partial charge in [0.25, 0.3) is 0 Å². The lowest BCUT2D eigenvalue weighted by molar-refractivity contribution is 0.0694. The zero-order valence-corrected chi connectivity index (χ0v) is 11.7. The molecular weight excluding hydrogens is 278 g/mol. The van der Waals surface area contributed by atoms with Gasteiger partial charge in [-0.2, -0.15) is 0 Å². The minimum absolute atomic E-state index is 0.000775. The second-order valence-corrected chi connectivity index (χ2v) is 4.00. The topological polar surface area (TPSA) is 104 Å². The van der Waals surface area contributed by atoms with E-state index in [9.17, 15) is 9.90 Å². The maximum atomic E-state index is 11.2. The number of aromatic carboxylic acids is 1. The molecule has 8 heteroatoms. The lowest BCUT2D eigenvalue weighted by Gasteiger charge is -2.09. The first-order chi connectivity index (χ1) is 10.0. The zero-order valence-electron chi connectivity index (χ0n) is 11.7. The van der Waals surface area contributed by atoms with Crippen molar-refractivity contribution in [2.75, 3.05) is 14.2 Å². The van der Waals surface area contributed by atoms with Crippen molar-refractivity contribution in [1.29, 1.82) is 0 Å². The minimum atomic E-state index is -1.11. The molecule has 1 heterocycles. The van der Waals surface area contributed by atoms with Gasteiger partial charge in [-0.1, -0.05) is 11.6 Å². The van der Waals surface area contributed by atoms with Crippen LogP contribution in [0.15, 0.2) is 18.2 Å². The van der Waals surface area contributed by atoms with Crippen LogP contribution in [0.3, 0.4) is 0 Å². The second-order valence-electron chi connectivity index (χ2n) is 4.00. The Morgan fingerprint density at radius 3 is 2.14 bits per heavy atom. The van der Waals surface area contributed by atoms with E-state index in [-0.39, 0.29) is 29.3 Å². The Kier molecular flexibility index (Phi) is 4.17. The van der Waals surface area contributed by atoms with Crippen LogP contribution in [0, 0.1) is 6.92 Å². The standard InChI is InChI=1S/C13H13N3O5/c1-7-4-5-9(8(6-7)10(17)18)21-13-15-11(19-2)14-12(16-13)20-3/h4-6H,1-3H3,(H,17,18). The maximum Gasteiger partial charge on any atom is 0.339 e. The fourth-order valence-electron chi connectivity index (χ4n) is 1.55. The highest BCUT2D eigenvalue weighted by Crippen LogP contribution is 2.26. The van der Waals surface area contributed by atoms with Crippen LogP contribution in [-0.4, -0.2) is 40.2 Å². The van der Waals surface area contributed by atoms with Crippen molar-refractivity contribution < 1.29 is 24.1 Å². The molecule has 0 amide bonds. The molecule has 0 atom stereocenters. The van der Waals surface area contributed by atoms with Gasteiger partial charge in [0.15, 0.2) is 0 Å². The number of carboxylic acid groups (broad SMARTS) is 1. The number of nitrogens with zero attached hydrogens (tertiary/aromatic N) is 3. The van der Waals surface area contributed by atoms with E-state index in [2.05, 4.69) is 15.0 Å². The summed E-state index contributed by atoms with van der Waals surface area (Å²) >= 11 is 0. The van der Waals surface area contributed by atoms with E-state index in [0.29, 0.717) is 0 Å². The van der Waals surface area contributed by atoms with Crippen LogP contribution in [0.2, 0.25) is 0 Å². The van der Waals surface area contributed by atoms with Gasteiger partial charge in [-0.3, -0.25) is 0 Å². The Labute approximate surface area is 120 Å². The van der Waals surface area contributed by atoms with Gasteiger partial charge in [0, 0.05) is 0 Å². The largest absolute Gasteiger partial charge is 0.478 e. The Balaban J connectivity index is 2.40. The van der Waals surface area contributed by atoms with Gasteiger partial charge in [-0.05, 0) is 19.1 Å². The lowest BCUT2D eigenvalue weighted by Crippen LogP contribution is -2.04. The number of carbonyl (C=O) groups is 1. The van der Waals surface area contributed by atoms with E-state index in [1.807, 2.05) is 0 Å². The summed E-state index contributed by atoms with van der Waals surface area (Å²) < 4.78 is 15.2. The number of hydrogen-bond donors (Lipinski definition) is 1. The normalized spacial score (nSPS) is 10.0. The highest BCUT2D eigenvalue weighted by Gasteiger charge is 2.15. The SMILES string of the molecule is COc1nc(OC)nc(Oc2ccc(C)cc2C(=O)O)n1. The highest BCUT2D eigenvalue weighted by atomic mass is 16.5. The van der Waals surface area contributed by atoms with E-state index in [1.165, 1.54) is 26.4 Å². The lowest BCUT2D eigenvalue weighted by atomic mass is 10.1. The summed E-state index contributed by atoms with van der Waals surface area (Å²) in [5.41, 5.74) is 0.805. The molecule has 0 aliphatic carbocycles. The molecule has 0 fully saturated rings. The number of aromatic nitrogens is 3. The van der Waals surface area contributed by atoms with Crippen LogP contribution < -0.4 is 14.2 Å². The van der Waals surface area contributed by atoms with Crippen molar-refractivity contribution in [2.24, 2.45) is 0 Å². The average molecular weight is 291 g/mol. The Morgan fingerprint density at radius 2 is 1.62 bits per heavy atom. The summed E-state index contributed by atoms with van der Waals surface area (Å²) in [5.74, 6) is -0.995. The van der Waals surface area contributed by atoms with Crippen molar-refractivity contribution in [3.05, 3.63) is 29.3 Å². The Bertz CT molecular complexity index is 653. The van der Waals surface area contributed by atoms with Crippen molar-refractivity contribution in [3.63, 3.8) is 0 Å². The van der Waals surface area contributed by atoms with Crippen molar-refractivity contribution in [3.8, 4) is 23.8 Å². The third-order valence-corrected chi connectivity index (χ3v) is 2.51. The molecule has 0 aliphatic rings. The molecule has 0 saturated carbocycles. The van der Waals surface area contributed by atoms with Crippen molar-refractivity contribution in [2.45, 2.75) is 6.92 Å². The maximum absolute atomic E-state index is 11.2. The summed E-state index contributed by atoms with van der Waals surface area (Å²) in [7, 11) is 2.76. The van der Waals surface area contributed by atoms with Gasteiger partial charge >= 0.3 is 24.0 Å². The quantitative estimate of drug-likeness (QED) is 0.887. The van der Waals surface area contributed by atoms with Crippen molar-refractivity contribution >= 4 is 5.97 Å². The smallest absolute Gasteiger partial charge is 0.339 e. The molecule has 1 aromatic heterocycles. The van der Waals surface area contributed by atoms with Gasteiger partial charge in [0.1, 0.15) is 11.3 Å². The van der Waals surface area contributed by atoms with E-state index in [4.69, 9.17) is 14.2 Å². The molecule has 2 aromatic rings. The number of methoxy groups -OCH3 is 2. The summed E-state index contributed by atoms with van der Waals surface area (Å²) in [4.78, 5) is 22.8. The molecule has 0 aliphatic heterocycles. The molecule has 8 nitrogen and oxygen atoms in total. The van der Waals surface area contributed by atoms with Gasteiger partial charge in [-0.25, -0.2) is 4.79 Å². The van der Waals surface area contributed by atoms with Gasteiger partial charge in [0.2, 0.25) is 0 Å². The number of ether oxygens (including phenoxy) is 3. The molecule has 2 rings (SSSR count). The average Bonchev–Trinajstić information content (AvgIpc) is 2.48. The fourth-order valence-corrected chi connectivity index (χ4v) is 1.55. The number of rotatable bonds is 5. The van der Waals surface area contributed by atoms with Crippen LogP contribution in [-0.2, 0) is 0 Å². The summed E-state index contributed by atoms with van der Waals surface area (Å²) in [5, 5.41) is 9.19. The number of aryl methyl sites for hydroxylation is 1. The molecular formula is C13H13N3O5. The molecule has 0 bridgehead atoms. The van der Waals surface area contributed by atoms with E-state index in [1.54, 1.807) is 13.0 Å². The number of hydrogen-bond acceptors (Lipinski definition) is 7. The van der Waals surface area contributed by atoms with Crippen LogP contribution >= 0.6 is 0 Å². The first kappa shape index (κ1) is 14.5. The molecule has 0 unspecified atom stereocenters. The summed E-state index contributed by atoms with van der Waals surface area (Å²) in [6.45, 7) is 1.78. The first-order valence-corrected chi connectivity index (χ1v) is 5.89. The Morgan fingerprint density at radius 1 is 1.05 bits per heavy atom. The van der Waals surface area contributed by atoms with E-state index in [0.717, 1.165) is 5.56 Å². The van der Waals surface area contributed by atoms with Crippen molar-refractivity contribution in [1.82, 2.24) is 15.0 Å². The van der Waals surface area contributed by atoms with Gasteiger partial charge in [0.05, 0.1) is 14.2 Å². The van der Waals surface area contributed by atoms with E-state index >= 15 is 0 Å². The predicted octanol–water partition coefficient (Wildman–Crippen LogP) is 1.69.